The highest BCUT2D eigenvalue weighted by Crippen LogP contribution is 2.40. The number of anilines is 3. The molecule has 1 N–H and O–H groups in total. The maximum Gasteiger partial charge on any atom is 0.150 e. The third kappa shape index (κ3) is 5.83. The third-order valence-corrected chi connectivity index (χ3v) is 8.86. The molecule has 3 fully saturated rings. The highest BCUT2D eigenvalue weighted by molar-refractivity contribution is 7.98. The molecule has 7 heteroatoms. The molecule has 0 atom stereocenters. The van der Waals surface area contributed by atoms with Crippen molar-refractivity contribution >= 4 is 34.8 Å². The summed E-state index contributed by atoms with van der Waals surface area (Å²) in [5.74, 6) is 3.23. The number of hydrogen-bond acceptors (Lipinski definition) is 7. The number of aromatic nitrogens is 3. The summed E-state index contributed by atoms with van der Waals surface area (Å²) in [4.78, 5) is 20.5. The van der Waals surface area contributed by atoms with Gasteiger partial charge in [-0.2, -0.15) is 0 Å². The lowest BCUT2D eigenvalue weighted by Gasteiger charge is -2.40. The fraction of sp³-hybridized carbons (Fsp3) is 0.607. The van der Waals surface area contributed by atoms with Gasteiger partial charge in [-0.15, -0.1) is 11.8 Å². The van der Waals surface area contributed by atoms with Crippen LogP contribution >= 0.6 is 11.8 Å². The van der Waals surface area contributed by atoms with Crippen molar-refractivity contribution in [3.63, 3.8) is 0 Å². The van der Waals surface area contributed by atoms with E-state index >= 15 is 0 Å². The highest BCUT2D eigenvalue weighted by atomic mass is 32.2. The number of rotatable bonds is 7. The Balaban J connectivity index is 1.22. The summed E-state index contributed by atoms with van der Waals surface area (Å²) in [6.45, 7) is 6.88. The molecule has 0 bridgehead atoms. The van der Waals surface area contributed by atoms with Crippen LogP contribution in [-0.4, -0.2) is 58.3 Å². The summed E-state index contributed by atoms with van der Waals surface area (Å²) in [6, 6.07) is 2.94. The normalized spacial score (nSPS) is 21.0. The largest absolute Gasteiger partial charge is 0.355 e. The van der Waals surface area contributed by atoms with Gasteiger partial charge in [0, 0.05) is 30.2 Å². The summed E-state index contributed by atoms with van der Waals surface area (Å²) in [7, 11) is 0. The molecular formula is C28H40N6S. The first-order valence-corrected chi connectivity index (χ1v) is 14.8. The van der Waals surface area contributed by atoms with Gasteiger partial charge in [-0.3, -0.25) is 0 Å². The van der Waals surface area contributed by atoms with Gasteiger partial charge in [0.25, 0.3) is 0 Å². The number of nitrogens with one attached hydrogen (secondary N) is 1. The minimum absolute atomic E-state index is 0.666. The number of piperidine rings is 2. The molecule has 2 aromatic rings. The molecule has 2 saturated heterocycles. The van der Waals surface area contributed by atoms with Crippen LogP contribution < -0.4 is 10.2 Å². The molecule has 2 aliphatic heterocycles. The molecule has 2 aromatic heterocycles. The molecule has 0 radical (unpaired) electrons. The van der Waals surface area contributed by atoms with Gasteiger partial charge in [0.05, 0.1) is 12.4 Å². The predicted octanol–water partition coefficient (Wildman–Crippen LogP) is 6.39. The summed E-state index contributed by atoms with van der Waals surface area (Å²) in [6.07, 6.45) is 22.1. The van der Waals surface area contributed by atoms with Crippen LogP contribution in [0.4, 0.5) is 17.5 Å². The minimum atomic E-state index is 0.666. The van der Waals surface area contributed by atoms with Crippen LogP contribution in [0.15, 0.2) is 35.6 Å². The number of nitrogens with zero attached hydrogens (tertiary/aromatic N) is 5. The number of allylic oxidation sites excluding steroid dienone is 2. The molecule has 1 saturated carbocycles. The summed E-state index contributed by atoms with van der Waals surface area (Å²) in [5, 5.41) is 3.40. The monoisotopic (exact) mass is 492 g/mol. The Morgan fingerprint density at radius 2 is 1.63 bits per heavy atom. The van der Waals surface area contributed by atoms with Crippen molar-refractivity contribution < 1.29 is 0 Å². The minimum Gasteiger partial charge on any atom is -0.355 e. The molecule has 5 rings (SSSR count). The van der Waals surface area contributed by atoms with Gasteiger partial charge in [-0.1, -0.05) is 25.3 Å². The van der Waals surface area contributed by atoms with Gasteiger partial charge in [0.15, 0.2) is 0 Å². The Bertz CT molecular complexity index is 987. The number of pyridine rings is 1. The van der Waals surface area contributed by atoms with E-state index in [4.69, 9.17) is 4.98 Å². The average molecular weight is 493 g/mol. The van der Waals surface area contributed by atoms with E-state index in [0.717, 1.165) is 36.6 Å². The zero-order valence-electron chi connectivity index (χ0n) is 21.4. The van der Waals surface area contributed by atoms with Crippen LogP contribution in [-0.2, 0) is 0 Å². The van der Waals surface area contributed by atoms with E-state index in [9.17, 15) is 0 Å². The molecule has 0 aromatic carbocycles. The van der Waals surface area contributed by atoms with Gasteiger partial charge in [0.2, 0.25) is 0 Å². The molecule has 6 nitrogen and oxygen atoms in total. The Hall–Kier alpha value is -2.12. The van der Waals surface area contributed by atoms with Crippen LogP contribution in [0.5, 0.6) is 0 Å². The molecule has 0 unspecified atom stereocenters. The Labute approximate surface area is 215 Å². The molecule has 188 valence electrons. The predicted molar refractivity (Wildman–Crippen MR) is 148 cm³/mol. The molecule has 4 heterocycles. The summed E-state index contributed by atoms with van der Waals surface area (Å²) in [5.41, 5.74) is 2.78. The topological polar surface area (TPSA) is 57.2 Å². The Morgan fingerprint density at radius 1 is 0.886 bits per heavy atom. The Morgan fingerprint density at radius 3 is 2.29 bits per heavy atom. The lowest BCUT2D eigenvalue weighted by atomic mass is 9.91. The van der Waals surface area contributed by atoms with Crippen molar-refractivity contribution in [3.8, 4) is 0 Å². The smallest absolute Gasteiger partial charge is 0.150 e. The van der Waals surface area contributed by atoms with E-state index in [-0.39, 0.29) is 0 Å². The number of likely N-dealkylation sites (tertiary alicyclic amines) is 1. The highest BCUT2D eigenvalue weighted by Gasteiger charge is 2.26. The summed E-state index contributed by atoms with van der Waals surface area (Å²) >= 11 is 1.77. The van der Waals surface area contributed by atoms with Crippen molar-refractivity contribution in [2.75, 3.05) is 42.7 Å². The second-order valence-corrected chi connectivity index (χ2v) is 11.0. The van der Waals surface area contributed by atoms with Crippen molar-refractivity contribution in [2.45, 2.75) is 75.6 Å². The SMILES string of the molecule is C/C=C(/c1cc(Nc2cnc(N3CCC(N4CCCCC4)CC3)cn2)ncc1SC)C1CCCC1. The lowest BCUT2D eigenvalue weighted by Crippen LogP contribution is -2.46. The zero-order chi connectivity index (χ0) is 24.0. The van der Waals surface area contributed by atoms with E-state index in [2.05, 4.69) is 50.4 Å². The lowest BCUT2D eigenvalue weighted by molar-refractivity contribution is 0.141. The first-order valence-electron chi connectivity index (χ1n) is 13.5. The fourth-order valence-corrected chi connectivity index (χ4v) is 6.73. The van der Waals surface area contributed by atoms with Gasteiger partial charge < -0.3 is 15.1 Å². The van der Waals surface area contributed by atoms with E-state index in [1.807, 2.05) is 18.6 Å². The van der Waals surface area contributed by atoms with Crippen LogP contribution in [0.1, 0.15) is 70.3 Å². The molecule has 3 aliphatic rings. The standard InChI is InChI=1S/C28H40N6S/c1-3-23(21-9-5-6-10-21)24-17-26(29-18-25(24)35-2)32-27-19-31-28(20-30-27)34-15-11-22(12-16-34)33-13-7-4-8-14-33/h3,17-22H,4-16H2,1-2H3,(H,29,30,32)/b23-3+. The van der Waals surface area contributed by atoms with Gasteiger partial charge >= 0.3 is 0 Å². The van der Waals surface area contributed by atoms with Gasteiger partial charge in [-0.25, -0.2) is 15.0 Å². The van der Waals surface area contributed by atoms with Crippen LogP contribution in [0.25, 0.3) is 5.57 Å². The first kappa shape index (κ1) is 24.6. The van der Waals surface area contributed by atoms with Crippen LogP contribution in [0.3, 0.4) is 0 Å². The maximum atomic E-state index is 4.75. The van der Waals surface area contributed by atoms with E-state index in [0.29, 0.717) is 5.92 Å². The fourth-order valence-electron chi connectivity index (χ4n) is 6.17. The van der Waals surface area contributed by atoms with Gasteiger partial charge in [0.1, 0.15) is 17.5 Å². The quantitative estimate of drug-likeness (QED) is 0.450. The van der Waals surface area contributed by atoms with Crippen LogP contribution in [0.2, 0.25) is 0 Å². The molecule has 35 heavy (non-hydrogen) atoms. The molecule has 0 spiro atoms. The zero-order valence-corrected chi connectivity index (χ0v) is 22.2. The summed E-state index contributed by atoms with van der Waals surface area (Å²) < 4.78 is 0. The van der Waals surface area contributed by atoms with E-state index in [1.165, 1.54) is 86.9 Å². The number of thioether (sulfide) groups is 1. The molecular weight excluding hydrogens is 452 g/mol. The second kappa shape index (κ2) is 11.7. The van der Waals surface area contributed by atoms with Crippen LogP contribution in [0, 0.1) is 5.92 Å². The first-order chi connectivity index (χ1) is 17.2. The Kier molecular flexibility index (Phi) is 8.24. The van der Waals surface area contributed by atoms with Crippen molar-refractivity contribution in [1.29, 1.82) is 0 Å². The second-order valence-electron chi connectivity index (χ2n) is 10.2. The van der Waals surface area contributed by atoms with Crippen molar-refractivity contribution in [1.82, 2.24) is 19.9 Å². The van der Waals surface area contributed by atoms with Crippen molar-refractivity contribution in [3.05, 3.63) is 36.3 Å². The van der Waals surface area contributed by atoms with Crippen molar-refractivity contribution in [2.24, 2.45) is 5.92 Å². The maximum absolute atomic E-state index is 4.75. The molecule has 1 aliphatic carbocycles. The van der Waals surface area contributed by atoms with Gasteiger partial charge in [-0.05, 0) is 87.9 Å². The van der Waals surface area contributed by atoms with E-state index < -0.39 is 0 Å². The number of hydrogen-bond donors (Lipinski definition) is 1. The third-order valence-electron chi connectivity index (χ3n) is 8.09. The molecule has 0 amide bonds. The van der Waals surface area contributed by atoms with E-state index in [1.54, 1.807) is 11.8 Å². The average Bonchev–Trinajstić information content (AvgIpc) is 3.45.